The van der Waals surface area contributed by atoms with Gasteiger partial charge in [0.2, 0.25) is 0 Å². The number of hydrogen-bond acceptors (Lipinski definition) is 4. The number of anilines is 1. The summed E-state index contributed by atoms with van der Waals surface area (Å²) in [6.45, 7) is 1.83. The van der Waals surface area contributed by atoms with Gasteiger partial charge < -0.3 is 9.80 Å². The minimum atomic E-state index is -4.37. The molecule has 3 aromatic rings. The number of hydrogen-bond donors (Lipinski definition) is 0. The Balaban J connectivity index is 1.45. The van der Waals surface area contributed by atoms with Gasteiger partial charge in [0.05, 0.1) is 11.1 Å². The molecule has 0 atom stereocenters. The van der Waals surface area contributed by atoms with Crippen LogP contribution in [0, 0.1) is 0 Å². The lowest BCUT2D eigenvalue weighted by Gasteiger charge is -2.36. The van der Waals surface area contributed by atoms with Gasteiger partial charge in [-0.25, -0.2) is 0 Å². The average molecular weight is 375 g/mol. The molecule has 1 aliphatic rings. The highest BCUT2D eigenvalue weighted by Crippen LogP contribution is 2.31. The predicted octanol–water partition coefficient (Wildman–Crippen LogP) is 2.71. The Morgan fingerprint density at radius 2 is 1.81 bits per heavy atom. The van der Waals surface area contributed by atoms with E-state index in [-0.39, 0.29) is 5.91 Å². The third-order valence-electron chi connectivity index (χ3n) is 4.64. The summed E-state index contributed by atoms with van der Waals surface area (Å²) in [7, 11) is 0. The van der Waals surface area contributed by atoms with Crippen LogP contribution in [0.15, 0.2) is 48.9 Å². The monoisotopic (exact) mass is 375 g/mol. The first-order chi connectivity index (χ1) is 12.9. The molecule has 0 bridgehead atoms. The number of carbonyl (C=O) groups excluding carboxylic acids is 1. The highest BCUT2D eigenvalue weighted by molar-refractivity contribution is 5.94. The standard InChI is InChI=1S/C18H16F3N5O/c19-18(20,21)14-2-1-3-15(10-14)24-6-8-25(9-7-24)17(27)13-4-5-16-23-22-12-26(16)11-13/h1-5,10-12H,6-9H2. The Hall–Kier alpha value is -3.10. The number of piperazine rings is 1. The van der Waals surface area contributed by atoms with E-state index in [1.807, 2.05) is 4.90 Å². The van der Waals surface area contributed by atoms with Crippen molar-refractivity contribution in [1.29, 1.82) is 0 Å². The summed E-state index contributed by atoms with van der Waals surface area (Å²) >= 11 is 0. The van der Waals surface area contributed by atoms with Crippen molar-refractivity contribution in [3.63, 3.8) is 0 Å². The second kappa shape index (κ2) is 6.57. The van der Waals surface area contributed by atoms with E-state index in [2.05, 4.69) is 10.2 Å². The van der Waals surface area contributed by atoms with E-state index in [1.165, 1.54) is 12.4 Å². The molecule has 2 aromatic heterocycles. The van der Waals surface area contributed by atoms with E-state index in [0.717, 1.165) is 12.1 Å². The Morgan fingerprint density at radius 1 is 1.04 bits per heavy atom. The molecule has 6 nitrogen and oxygen atoms in total. The van der Waals surface area contributed by atoms with E-state index in [1.54, 1.807) is 33.7 Å². The summed E-state index contributed by atoms with van der Waals surface area (Å²) in [5.74, 6) is -0.116. The number of halogens is 3. The number of aromatic nitrogens is 3. The van der Waals surface area contributed by atoms with Crippen molar-refractivity contribution >= 4 is 17.2 Å². The number of fused-ring (bicyclic) bond motifs is 1. The van der Waals surface area contributed by atoms with Crippen molar-refractivity contribution in [2.45, 2.75) is 6.18 Å². The highest BCUT2D eigenvalue weighted by atomic mass is 19.4. The van der Waals surface area contributed by atoms with Gasteiger partial charge in [0.15, 0.2) is 5.65 Å². The molecule has 0 aliphatic carbocycles. The van der Waals surface area contributed by atoms with Crippen LogP contribution in [0.2, 0.25) is 0 Å². The molecule has 0 spiro atoms. The zero-order valence-corrected chi connectivity index (χ0v) is 14.2. The van der Waals surface area contributed by atoms with Crippen LogP contribution in [0.1, 0.15) is 15.9 Å². The van der Waals surface area contributed by atoms with E-state index in [0.29, 0.717) is 43.1 Å². The number of nitrogens with zero attached hydrogens (tertiary/aromatic N) is 5. The van der Waals surface area contributed by atoms with Gasteiger partial charge in [-0.05, 0) is 30.3 Å². The van der Waals surface area contributed by atoms with Crippen LogP contribution in [0.3, 0.4) is 0 Å². The Bertz CT molecular complexity index is 976. The number of rotatable bonds is 2. The minimum absolute atomic E-state index is 0.116. The van der Waals surface area contributed by atoms with Crippen LogP contribution in [0.25, 0.3) is 5.65 Å². The van der Waals surface area contributed by atoms with Crippen LogP contribution >= 0.6 is 0 Å². The van der Waals surface area contributed by atoms with Gasteiger partial charge in [-0.3, -0.25) is 9.20 Å². The maximum Gasteiger partial charge on any atom is 0.416 e. The van der Waals surface area contributed by atoms with Crippen molar-refractivity contribution in [2.75, 3.05) is 31.1 Å². The molecule has 1 amide bonds. The number of amides is 1. The third-order valence-corrected chi connectivity index (χ3v) is 4.64. The van der Waals surface area contributed by atoms with Gasteiger partial charge in [0.1, 0.15) is 6.33 Å². The highest BCUT2D eigenvalue weighted by Gasteiger charge is 2.31. The predicted molar refractivity (Wildman–Crippen MR) is 92.5 cm³/mol. The first-order valence-electron chi connectivity index (χ1n) is 8.43. The topological polar surface area (TPSA) is 53.7 Å². The smallest absolute Gasteiger partial charge is 0.368 e. The van der Waals surface area contributed by atoms with Crippen molar-refractivity contribution < 1.29 is 18.0 Å². The van der Waals surface area contributed by atoms with E-state index < -0.39 is 11.7 Å². The maximum atomic E-state index is 12.9. The third kappa shape index (κ3) is 3.44. The zero-order chi connectivity index (χ0) is 19.0. The summed E-state index contributed by atoms with van der Waals surface area (Å²) in [6, 6.07) is 8.70. The molecule has 1 saturated heterocycles. The zero-order valence-electron chi connectivity index (χ0n) is 14.2. The Kier molecular flexibility index (Phi) is 4.21. The second-order valence-electron chi connectivity index (χ2n) is 6.34. The van der Waals surface area contributed by atoms with Crippen molar-refractivity contribution in [1.82, 2.24) is 19.5 Å². The van der Waals surface area contributed by atoms with Crippen LogP contribution in [0.5, 0.6) is 0 Å². The molecule has 1 aliphatic heterocycles. The van der Waals surface area contributed by atoms with Gasteiger partial charge in [0.25, 0.3) is 5.91 Å². The molecular formula is C18H16F3N5O. The molecule has 0 N–H and O–H groups in total. The first kappa shape index (κ1) is 17.3. The summed E-state index contributed by atoms with van der Waals surface area (Å²) < 4.78 is 40.4. The van der Waals surface area contributed by atoms with Crippen molar-refractivity contribution in [2.24, 2.45) is 0 Å². The van der Waals surface area contributed by atoms with Gasteiger partial charge >= 0.3 is 6.18 Å². The summed E-state index contributed by atoms with van der Waals surface area (Å²) in [5, 5.41) is 7.68. The fourth-order valence-electron chi connectivity index (χ4n) is 3.18. The quantitative estimate of drug-likeness (QED) is 0.691. The van der Waals surface area contributed by atoms with Crippen LogP contribution in [-0.4, -0.2) is 51.6 Å². The van der Waals surface area contributed by atoms with Gasteiger partial charge in [-0.2, -0.15) is 13.2 Å². The lowest BCUT2D eigenvalue weighted by Crippen LogP contribution is -2.48. The Labute approximate surface area is 152 Å². The fraction of sp³-hybridized carbons (Fsp3) is 0.278. The van der Waals surface area contributed by atoms with E-state index in [4.69, 9.17) is 0 Å². The number of alkyl halides is 3. The van der Waals surface area contributed by atoms with Gasteiger partial charge in [-0.1, -0.05) is 6.07 Å². The molecular weight excluding hydrogens is 359 g/mol. The van der Waals surface area contributed by atoms with Crippen LogP contribution in [-0.2, 0) is 6.18 Å². The number of benzene rings is 1. The molecule has 27 heavy (non-hydrogen) atoms. The van der Waals surface area contributed by atoms with Gasteiger partial charge in [0, 0.05) is 38.1 Å². The molecule has 1 fully saturated rings. The Morgan fingerprint density at radius 3 is 2.56 bits per heavy atom. The molecule has 4 rings (SSSR count). The number of pyridine rings is 1. The normalized spacial score (nSPS) is 15.4. The van der Waals surface area contributed by atoms with Gasteiger partial charge in [-0.15, -0.1) is 10.2 Å². The molecule has 0 unspecified atom stereocenters. The molecule has 1 aromatic carbocycles. The largest absolute Gasteiger partial charge is 0.416 e. The number of carbonyl (C=O) groups is 1. The summed E-state index contributed by atoms with van der Waals surface area (Å²) in [6.07, 6.45) is -1.16. The minimum Gasteiger partial charge on any atom is -0.368 e. The molecule has 0 radical (unpaired) electrons. The maximum absolute atomic E-state index is 12.9. The summed E-state index contributed by atoms with van der Waals surface area (Å²) in [4.78, 5) is 16.3. The van der Waals surface area contributed by atoms with Crippen LogP contribution in [0.4, 0.5) is 18.9 Å². The average Bonchev–Trinajstić information content (AvgIpc) is 3.15. The fourth-order valence-corrected chi connectivity index (χ4v) is 3.18. The van der Waals surface area contributed by atoms with E-state index >= 15 is 0 Å². The second-order valence-corrected chi connectivity index (χ2v) is 6.34. The molecule has 0 saturated carbocycles. The molecule has 3 heterocycles. The summed E-state index contributed by atoms with van der Waals surface area (Å²) in [5.41, 5.74) is 1.03. The lowest BCUT2D eigenvalue weighted by atomic mass is 10.1. The lowest BCUT2D eigenvalue weighted by molar-refractivity contribution is -0.137. The van der Waals surface area contributed by atoms with E-state index in [9.17, 15) is 18.0 Å². The molecule has 140 valence electrons. The molecule has 9 heteroatoms. The first-order valence-corrected chi connectivity index (χ1v) is 8.43. The van der Waals surface area contributed by atoms with Crippen molar-refractivity contribution in [3.8, 4) is 0 Å². The SMILES string of the molecule is O=C(c1ccc2nncn2c1)N1CCN(c2cccc(C(F)(F)F)c2)CC1. The van der Waals surface area contributed by atoms with Crippen molar-refractivity contribution in [3.05, 3.63) is 60.0 Å². The van der Waals surface area contributed by atoms with Crippen LogP contribution < -0.4 is 4.90 Å².